The Morgan fingerprint density at radius 1 is 0.600 bits per heavy atom. The van der Waals surface area contributed by atoms with Crippen LogP contribution in [0.3, 0.4) is 0 Å². The summed E-state index contributed by atoms with van der Waals surface area (Å²) < 4.78 is 4.88. The Morgan fingerprint density at radius 3 is 1.55 bits per heavy atom. The van der Waals surface area contributed by atoms with Crippen LogP contribution in [0.25, 0.3) is 0 Å². The molecular weight excluding hydrogens is 244 g/mol. The molecule has 0 aromatic carbocycles. The third kappa shape index (κ3) is 17.3. The van der Waals surface area contributed by atoms with Crippen LogP contribution < -0.4 is 0 Å². The van der Waals surface area contributed by atoms with E-state index in [2.05, 4.69) is 25.2 Å². The SMILES string of the molecule is CCCCC=CCCCCCCCCCC/C=C\OC. The summed E-state index contributed by atoms with van der Waals surface area (Å²) in [5.41, 5.74) is 0. The summed E-state index contributed by atoms with van der Waals surface area (Å²) in [6.45, 7) is 2.25. The van der Waals surface area contributed by atoms with Crippen molar-refractivity contribution in [1.29, 1.82) is 0 Å². The fourth-order valence-electron chi connectivity index (χ4n) is 2.31. The van der Waals surface area contributed by atoms with Gasteiger partial charge >= 0.3 is 0 Å². The Labute approximate surface area is 127 Å². The standard InChI is InChI=1S/C19H36O/c1-3-4-5-6-7-8-9-10-11-12-13-14-15-16-17-18-19-20-2/h6-7,18-19H,3-5,8-17H2,1-2H3/b7-6?,19-18-. The second-order valence-corrected chi connectivity index (χ2v) is 5.63. The van der Waals surface area contributed by atoms with Crippen molar-refractivity contribution in [3.05, 3.63) is 24.5 Å². The number of allylic oxidation sites excluding steroid dienone is 3. The normalized spacial score (nSPS) is 11.7. The van der Waals surface area contributed by atoms with Gasteiger partial charge in [0.1, 0.15) is 0 Å². The average molecular weight is 280 g/mol. The van der Waals surface area contributed by atoms with Crippen LogP contribution in [0.2, 0.25) is 0 Å². The Hall–Kier alpha value is -0.720. The zero-order chi connectivity index (χ0) is 14.7. The van der Waals surface area contributed by atoms with Crippen molar-refractivity contribution in [3.8, 4) is 0 Å². The fourth-order valence-corrected chi connectivity index (χ4v) is 2.31. The first-order valence-corrected chi connectivity index (χ1v) is 8.74. The number of methoxy groups -OCH3 is 1. The molecule has 0 radical (unpaired) electrons. The molecule has 0 amide bonds. The molecule has 1 heteroatoms. The highest BCUT2D eigenvalue weighted by atomic mass is 16.5. The molecule has 0 spiro atoms. The van der Waals surface area contributed by atoms with E-state index in [-0.39, 0.29) is 0 Å². The summed E-state index contributed by atoms with van der Waals surface area (Å²) in [6, 6.07) is 0. The lowest BCUT2D eigenvalue weighted by Gasteiger charge is -2.00. The third-order valence-electron chi connectivity index (χ3n) is 3.61. The molecule has 0 heterocycles. The molecule has 0 saturated carbocycles. The second-order valence-electron chi connectivity index (χ2n) is 5.63. The predicted molar refractivity (Wildman–Crippen MR) is 91.0 cm³/mol. The van der Waals surface area contributed by atoms with Gasteiger partial charge in [-0.2, -0.15) is 0 Å². The minimum absolute atomic E-state index is 1.16. The smallest absolute Gasteiger partial charge is 0.0784 e. The van der Waals surface area contributed by atoms with Gasteiger partial charge in [0, 0.05) is 0 Å². The minimum Gasteiger partial charge on any atom is -0.505 e. The van der Waals surface area contributed by atoms with Gasteiger partial charge in [-0.25, -0.2) is 0 Å². The molecule has 118 valence electrons. The Kier molecular flexibility index (Phi) is 17.6. The molecule has 0 aliphatic heterocycles. The van der Waals surface area contributed by atoms with Crippen molar-refractivity contribution in [1.82, 2.24) is 0 Å². The van der Waals surface area contributed by atoms with Gasteiger partial charge in [0.2, 0.25) is 0 Å². The quantitative estimate of drug-likeness (QED) is 0.182. The monoisotopic (exact) mass is 280 g/mol. The van der Waals surface area contributed by atoms with Crippen LogP contribution in [0, 0.1) is 0 Å². The number of hydrogen-bond acceptors (Lipinski definition) is 1. The zero-order valence-electron chi connectivity index (χ0n) is 13.9. The highest BCUT2D eigenvalue weighted by Crippen LogP contribution is 2.11. The molecule has 0 aliphatic rings. The van der Waals surface area contributed by atoms with E-state index in [9.17, 15) is 0 Å². The number of unbranched alkanes of at least 4 members (excludes halogenated alkanes) is 11. The molecule has 0 saturated heterocycles. The summed E-state index contributed by atoms with van der Waals surface area (Å²) in [6.07, 6.45) is 26.2. The molecule has 0 aliphatic carbocycles. The van der Waals surface area contributed by atoms with E-state index in [1.807, 2.05) is 0 Å². The maximum absolute atomic E-state index is 4.88. The Bertz CT molecular complexity index is 218. The van der Waals surface area contributed by atoms with Crippen LogP contribution >= 0.6 is 0 Å². The molecule has 0 aromatic heterocycles. The van der Waals surface area contributed by atoms with Crippen molar-refractivity contribution in [3.63, 3.8) is 0 Å². The number of rotatable bonds is 15. The molecular formula is C19H36O. The highest BCUT2D eigenvalue weighted by molar-refractivity contribution is 4.81. The van der Waals surface area contributed by atoms with Crippen LogP contribution in [0.1, 0.15) is 90.4 Å². The predicted octanol–water partition coefficient (Wildman–Crippen LogP) is 6.79. The first-order valence-electron chi connectivity index (χ1n) is 8.74. The Morgan fingerprint density at radius 2 is 1.05 bits per heavy atom. The summed E-state index contributed by atoms with van der Waals surface area (Å²) in [5, 5.41) is 0. The first kappa shape index (κ1) is 19.3. The number of hydrogen-bond donors (Lipinski definition) is 0. The molecule has 20 heavy (non-hydrogen) atoms. The largest absolute Gasteiger partial charge is 0.505 e. The van der Waals surface area contributed by atoms with Gasteiger partial charge in [-0.15, -0.1) is 0 Å². The van der Waals surface area contributed by atoms with Gasteiger partial charge in [-0.1, -0.05) is 70.4 Å². The topological polar surface area (TPSA) is 9.23 Å². The van der Waals surface area contributed by atoms with Crippen LogP contribution in [0.5, 0.6) is 0 Å². The van der Waals surface area contributed by atoms with Gasteiger partial charge in [-0.3, -0.25) is 0 Å². The van der Waals surface area contributed by atoms with Crippen molar-refractivity contribution < 1.29 is 4.74 Å². The average Bonchev–Trinajstić information content (AvgIpc) is 2.47. The zero-order valence-corrected chi connectivity index (χ0v) is 13.9. The van der Waals surface area contributed by atoms with Crippen molar-refractivity contribution in [2.75, 3.05) is 7.11 Å². The van der Waals surface area contributed by atoms with Gasteiger partial charge in [0.25, 0.3) is 0 Å². The van der Waals surface area contributed by atoms with Crippen LogP contribution in [-0.2, 0) is 4.74 Å². The highest BCUT2D eigenvalue weighted by Gasteiger charge is 1.91. The van der Waals surface area contributed by atoms with E-state index < -0.39 is 0 Å². The van der Waals surface area contributed by atoms with Crippen molar-refractivity contribution >= 4 is 0 Å². The molecule has 0 N–H and O–H groups in total. The molecule has 1 nitrogen and oxygen atoms in total. The van der Waals surface area contributed by atoms with Crippen LogP contribution in [0.4, 0.5) is 0 Å². The van der Waals surface area contributed by atoms with Crippen LogP contribution in [-0.4, -0.2) is 7.11 Å². The molecule has 0 atom stereocenters. The lowest BCUT2D eigenvalue weighted by molar-refractivity contribution is 0.336. The van der Waals surface area contributed by atoms with E-state index in [4.69, 9.17) is 4.74 Å². The van der Waals surface area contributed by atoms with Gasteiger partial charge < -0.3 is 4.74 Å². The maximum atomic E-state index is 4.88. The molecule has 0 fully saturated rings. The van der Waals surface area contributed by atoms with E-state index in [0.29, 0.717) is 0 Å². The minimum atomic E-state index is 1.16. The molecule has 0 bridgehead atoms. The van der Waals surface area contributed by atoms with Crippen molar-refractivity contribution in [2.45, 2.75) is 90.4 Å². The molecule has 0 unspecified atom stereocenters. The summed E-state index contributed by atoms with van der Waals surface area (Å²) in [5.74, 6) is 0. The van der Waals surface area contributed by atoms with E-state index in [0.717, 1.165) is 6.42 Å². The first-order chi connectivity index (χ1) is 9.91. The lowest BCUT2D eigenvalue weighted by atomic mass is 10.1. The van der Waals surface area contributed by atoms with E-state index in [1.165, 1.54) is 77.0 Å². The third-order valence-corrected chi connectivity index (χ3v) is 3.61. The summed E-state index contributed by atoms with van der Waals surface area (Å²) in [4.78, 5) is 0. The van der Waals surface area contributed by atoms with Crippen LogP contribution in [0.15, 0.2) is 24.5 Å². The van der Waals surface area contributed by atoms with Gasteiger partial charge in [0.05, 0.1) is 13.4 Å². The van der Waals surface area contributed by atoms with E-state index in [1.54, 1.807) is 13.4 Å². The molecule has 0 rings (SSSR count). The number of ether oxygens (including phenoxy) is 1. The lowest BCUT2D eigenvalue weighted by Crippen LogP contribution is -1.81. The molecule has 0 aromatic rings. The van der Waals surface area contributed by atoms with Gasteiger partial charge in [-0.05, 0) is 38.2 Å². The van der Waals surface area contributed by atoms with Gasteiger partial charge in [0.15, 0.2) is 0 Å². The fraction of sp³-hybridized carbons (Fsp3) is 0.789. The van der Waals surface area contributed by atoms with Crippen molar-refractivity contribution in [2.24, 2.45) is 0 Å². The summed E-state index contributed by atoms with van der Waals surface area (Å²) in [7, 11) is 1.71. The second kappa shape index (κ2) is 18.3. The Balaban J connectivity index is 3.02. The van der Waals surface area contributed by atoms with E-state index >= 15 is 0 Å². The maximum Gasteiger partial charge on any atom is 0.0784 e. The summed E-state index contributed by atoms with van der Waals surface area (Å²) >= 11 is 0.